The molecule has 0 unspecified atom stereocenters. The van der Waals surface area contributed by atoms with Crippen molar-refractivity contribution >= 4 is 58.6 Å². The first-order valence-corrected chi connectivity index (χ1v) is 13.4. The fraction of sp³-hybridized carbons (Fsp3) is 0.0606. The van der Waals surface area contributed by atoms with Crippen LogP contribution in [0, 0.1) is 0 Å². The summed E-state index contributed by atoms with van der Waals surface area (Å²) in [5.41, 5.74) is 2.34. The second kappa shape index (κ2) is 14.2. The number of ketones is 1. The average molecular weight is 601 g/mol. The number of anilines is 1. The van der Waals surface area contributed by atoms with Crippen LogP contribution in [-0.4, -0.2) is 31.8 Å². The van der Waals surface area contributed by atoms with E-state index in [9.17, 15) is 14.4 Å². The Hall–Kier alpha value is -4.85. The number of ether oxygens (including phenoxy) is 2. The average Bonchev–Trinajstić information content (AvgIpc) is 3.02. The molecule has 0 fully saturated rings. The lowest BCUT2D eigenvalue weighted by Crippen LogP contribution is -2.30. The Morgan fingerprint density at radius 1 is 0.762 bits per heavy atom. The minimum atomic E-state index is -0.577. The van der Waals surface area contributed by atoms with Crippen LogP contribution < -0.4 is 20.1 Å². The molecule has 0 atom stereocenters. The predicted molar refractivity (Wildman–Crippen MR) is 166 cm³/mol. The van der Waals surface area contributed by atoms with Crippen LogP contribution in [-0.2, 0) is 4.79 Å². The van der Waals surface area contributed by atoms with Gasteiger partial charge in [0.25, 0.3) is 11.8 Å². The van der Waals surface area contributed by atoms with Crippen LogP contribution >= 0.6 is 23.2 Å². The molecule has 0 aliphatic heterocycles. The largest absolute Gasteiger partial charge is 0.497 e. The van der Waals surface area contributed by atoms with Gasteiger partial charge in [-0.3, -0.25) is 14.4 Å². The second-order valence-electron chi connectivity index (χ2n) is 8.86. The summed E-state index contributed by atoms with van der Waals surface area (Å²) < 4.78 is 10.7. The van der Waals surface area contributed by atoms with Gasteiger partial charge in [-0.15, -0.1) is 0 Å². The molecule has 42 heavy (non-hydrogen) atoms. The van der Waals surface area contributed by atoms with E-state index in [-0.39, 0.29) is 11.5 Å². The number of carbonyl (C=O) groups is 3. The first-order valence-electron chi connectivity index (χ1n) is 12.7. The fourth-order valence-corrected chi connectivity index (χ4v) is 4.23. The Balaban J connectivity index is 1.55. The highest BCUT2D eigenvalue weighted by Crippen LogP contribution is 2.28. The molecule has 2 N–H and O–H groups in total. The van der Waals surface area contributed by atoms with Crippen molar-refractivity contribution in [2.45, 2.75) is 0 Å². The van der Waals surface area contributed by atoms with Gasteiger partial charge in [0, 0.05) is 28.4 Å². The molecule has 0 saturated heterocycles. The third kappa shape index (κ3) is 7.66. The van der Waals surface area contributed by atoms with Crippen LogP contribution in [0.25, 0.3) is 12.2 Å². The van der Waals surface area contributed by atoms with Crippen LogP contribution in [0.2, 0.25) is 10.0 Å². The molecule has 9 heteroatoms. The molecule has 212 valence electrons. The molecule has 0 radical (unpaired) electrons. The first kappa shape index (κ1) is 30.1. The second-order valence-corrected chi connectivity index (χ2v) is 9.64. The molecule has 4 aromatic carbocycles. The molecule has 0 saturated carbocycles. The minimum absolute atomic E-state index is 0.0196. The van der Waals surface area contributed by atoms with E-state index < -0.39 is 11.8 Å². The van der Waals surface area contributed by atoms with Gasteiger partial charge in [0.05, 0.1) is 24.3 Å². The maximum absolute atomic E-state index is 13.4. The van der Waals surface area contributed by atoms with E-state index in [1.54, 1.807) is 97.1 Å². The molecule has 0 aliphatic carbocycles. The van der Waals surface area contributed by atoms with E-state index >= 15 is 0 Å². The standard InChI is InChI=1S/C33H26Cl2N2O5/c1-41-26-17-13-24(30(20-26)42-2)19-28(37-32(39)23-7-4-3-5-8-23)33(40)36-25-15-11-21(12-16-25)29(38)18-14-22-9-6-10-27(34)31(22)35/h3-20H,1-2H3,(H,36,40)(H,37,39)/b18-14+,28-19-. The van der Waals surface area contributed by atoms with Crippen molar-refractivity contribution in [3.8, 4) is 11.5 Å². The summed E-state index contributed by atoms with van der Waals surface area (Å²) in [5.74, 6) is -0.276. The van der Waals surface area contributed by atoms with Gasteiger partial charge in [-0.1, -0.05) is 53.5 Å². The van der Waals surface area contributed by atoms with Crippen molar-refractivity contribution in [3.63, 3.8) is 0 Å². The van der Waals surface area contributed by atoms with Crippen molar-refractivity contribution in [2.24, 2.45) is 0 Å². The van der Waals surface area contributed by atoms with Gasteiger partial charge in [0.15, 0.2) is 5.78 Å². The van der Waals surface area contributed by atoms with Crippen molar-refractivity contribution in [2.75, 3.05) is 19.5 Å². The highest BCUT2D eigenvalue weighted by atomic mass is 35.5. The maximum atomic E-state index is 13.4. The number of benzene rings is 4. The van der Waals surface area contributed by atoms with Gasteiger partial charge in [-0.2, -0.15) is 0 Å². The van der Waals surface area contributed by atoms with Crippen LogP contribution in [0.3, 0.4) is 0 Å². The normalized spacial score (nSPS) is 11.2. The minimum Gasteiger partial charge on any atom is -0.497 e. The lowest BCUT2D eigenvalue weighted by molar-refractivity contribution is -0.113. The van der Waals surface area contributed by atoms with Gasteiger partial charge >= 0.3 is 0 Å². The molecule has 4 aromatic rings. The number of hydrogen-bond acceptors (Lipinski definition) is 5. The predicted octanol–water partition coefficient (Wildman–Crippen LogP) is 7.32. The van der Waals surface area contributed by atoms with Gasteiger partial charge < -0.3 is 20.1 Å². The molecule has 7 nitrogen and oxygen atoms in total. The van der Waals surface area contributed by atoms with Gasteiger partial charge in [-0.05, 0) is 78.4 Å². The third-order valence-electron chi connectivity index (χ3n) is 6.09. The van der Waals surface area contributed by atoms with Crippen molar-refractivity contribution < 1.29 is 23.9 Å². The summed E-state index contributed by atoms with van der Waals surface area (Å²) in [6.45, 7) is 0. The van der Waals surface area contributed by atoms with Crippen LogP contribution in [0.5, 0.6) is 11.5 Å². The van der Waals surface area contributed by atoms with Crippen LogP contribution in [0.4, 0.5) is 5.69 Å². The summed E-state index contributed by atoms with van der Waals surface area (Å²) in [7, 11) is 3.03. The molecule has 2 amide bonds. The van der Waals surface area contributed by atoms with E-state index in [0.29, 0.717) is 49.5 Å². The van der Waals surface area contributed by atoms with Crippen LogP contribution in [0.1, 0.15) is 31.8 Å². The molecule has 0 bridgehead atoms. The third-order valence-corrected chi connectivity index (χ3v) is 6.93. The number of methoxy groups -OCH3 is 2. The number of hydrogen-bond donors (Lipinski definition) is 2. The monoisotopic (exact) mass is 600 g/mol. The highest BCUT2D eigenvalue weighted by Gasteiger charge is 2.17. The van der Waals surface area contributed by atoms with Crippen molar-refractivity contribution in [3.05, 3.63) is 135 Å². The van der Waals surface area contributed by atoms with E-state index in [0.717, 1.165) is 0 Å². The number of allylic oxidation sites excluding steroid dienone is 1. The zero-order valence-electron chi connectivity index (χ0n) is 22.7. The Kier molecular flexibility index (Phi) is 10.2. The van der Waals surface area contributed by atoms with E-state index in [1.165, 1.54) is 26.4 Å². The number of amides is 2. The number of halogens is 2. The molecule has 0 aliphatic rings. The smallest absolute Gasteiger partial charge is 0.272 e. The maximum Gasteiger partial charge on any atom is 0.272 e. The molecular weight excluding hydrogens is 575 g/mol. The van der Waals surface area contributed by atoms with E-state index in [2.05, 4.69) is 10.6 Å². The van der Waals surface area contributed by atoms with Crippen molar-refractivity contribution in [1.29, 1.82) is 0 Å². The summed E-state index contributed by atoms with van der Waals surface area (Å²) in [6, 6.07) is 25.1. The van der Waals surface area contributed by atoms with Crippen LogP contribution in [0.15, 0.2) is 103 Å². The Morgan fingerprint density at radius 2 is 1.50 bits per heavy atom. The number of nitrogens with one attached hydrogen (secondary N) is 2. The molecule has 4 rings (SSSR count). The summed E-state index contributed by atoms with van der Waals surface area (Å²) in [4.78, 5) is 39.0. The molecule has 0 heterocycles. The number of rotatable bonds is 10. The first-order chi connectivity index (χ1) is 20.3. The highest BCUT2D eigenvalue weighted by molar-refractivity contribution is 6.43. The van der Waals surface area contributed by atoms with Gasteiger partial charge in [-0.25, -0.2) is 0 Å². The van der Waals surface area contributed by atoms with Gasteiger partial charge in [0.1, 0.15) is 17.2 Å². The van der Waals surface area contributed by atoms with E-state index in [1.807, 2.05) is 0 Å². The summed E-state index contributed by atoms with van der Waals surface area (Å²) in [6.07, 6.45) is 4.50. The Morgan fingerprint density at radius 3 is 2.19 bits per heavy atom. The Bertz CT molecular complexity index is 1670. The van der Waals surface area contributed by atoms with Crippen molar-refractivity contribution in [1.82, 2.24) is 5.32 Å². The molecule has 0 aromatic heterocycles. The zero-order valence-corrected chi connectivity index (χ0v) is 24.2. The molecular formula is C33H26Cl2N2O5. The fourth-order valence-electron chi connectivity index (χ4n) is 3.86. The topological polar surface area (TPSA) is 93.7 Å². The lowest BCUT2D eigenvalue weighted by Gasteiger charge is -2.13. The summed E-state index contributed by atoms with van der Waals surface area (Å²) in [5, 5.41) is 6.21. The van der Waals surface area contributed by atoms with E-state index in [4.69, 9.17) is 32.7 Å². The summed E-state index contributed by atoms with van der Waals surface area (Å²) >= 11 is 12.2. The molecule has 0 spiro atoms. The SMILES string of the molecule is COc1ccc(/C=C(\NC(=O)c2ccccc2)C(=O)Nc2ccc(C(=O)/C=C/c3cccc(Cl)c3Cl)cc2)c(OC)c1. The lowest BCUT2D eigenvalue weighted by atomic mass is 10.1. The quantitative estimate of drug-likeness (QED) is 0.147. The number of carbonyl (C=O) groups excluding carboxylic acids is 3. The van der Waals surface area contributed by atoms with Gasteiger partial charge in [0.2, 0.25) is 0 Å². The Labute approximate surface area is 253 Å². The zero-order chi connectivity index (χ0) is 30.1.